The third-order valence-corrected chi connectivity index (χ3v) is 7.23. The first-order valence-corrected chi connectivity index (χ1v) is 12.7. The van der Waals surface area contributed by atoms with Crippen molar-refractivity contribution in [1.29, 1.82) is 0 Å². The van der Waals surface area contributed by atoms with Crippen molar-refractivity contribution in [2.45, 2.75) is 0 Å². The highest BCUT2D eigenvalue weighted by Crippen LogP contribution is 2.45. The molecule has 0 unspecified atom stereocenters. The van der Waals surface area contributed by atoms with Gasteiger partial charge in [-0.15, -0.1) is 0 Å². The monoisotopic (exact) mass is 495 g/mol. The summed E-state index contributed by atoms with van der Waals surface area (Å²) >= 11 is 6.70. The second-order valence-corrected chi connectivity index (χ2v) is 9.52. The molecule has 37 heavy (non-hydrogen) atoms. The molecule has 0 aliphatic rings. The van der Waals surface area contributed by atoms with Crippen molar-refractivity contribution in [2.24, 2.45) is 0 Å². The Morgan fingerprint density at radius 1 is 0.514 bits per heavy atom. The van der Waals surface area contributed by atoms with Crippen LogP contribution < -0.4 is 4.90 Å². The van der Waals surface area contributed by atoms with Gasteiger partial charge in [0.15, 0.2) is 0 Å². The summed E-state index contributed by atoms with van der Waals surface area (Å²) < 4.78 is 6.35. The lowest BCUT2D eigenvalue weighted by atomic mass is 10.0. The van der Waals surface area contributed by atoms with Gasteiger partial charge in [0, 0.05) is 32.9 Å². The molecule has 0 fully saturated rings. The highest BCUT2D eigenvalue weighted by molar-refractivity contribution is 6.38. The van der Waals surface area contributed by atoms with Crippen LogP contribution in [0.15, 0.2) is 138 Å². The van der Waals surface area contributed by atoms with Crippen LogP contribution in [-0.2, 0) is 0 Å². The molecule has 7 aromatic rings. The lowest BCUT2D eigenvalue weighted by Gasteiger charge is -2.27. The number of anilines is 3. The number of hydrogen-bond donors (Lipinski definition) is 0. The molecular formula is C34H22ClNO. The average molecular weight is 496 g/mol. The predicted molar refractivity (Wildman–Crippen MR) is 156 cm³/mol. The van der Waals surface area contributed by atoms with Gasteiger partial charge >= 0.3 is 0 Å². The number of para-hydroxylation sites is 1. The third kappa shape index (κ3) is 3.66. The van der Waals surface area contributed by atoms with Crippen molar-refractivity contribution in [3.63, 3.8) is 0 Å². The predicted octanol–water partition coefficient (Wildman–Crippen LogP) is 10.5. The lowest BCUT2D eigenvalue weighted by Crippen LogP contribution is -2.10. The fourth-order valence-electron chi connectivity index (χ4n) is 5.21. The summed E-state index contributed by atoms with van der Waals surface area (Å²) in [4.78, 5) is 2.31. The maximum Gasteiger partial charge on any atom is 0.143 e. The summed E-state index contributed by atoms with van der Waals surface area (Å²) in [6.45, 7) is 0. The Labute approximate surface area is 220 Å². The summed E-state index contributed by atoms with van der Waals surface area (Å²) in [6, 6.07) is 46.2. The van der Waals surface area contributed by atoms with Crippen LogP contribution in [0.4, 0.5) is 17.1 Å². The molecular weight excluding hydrogens is 474 g/mol. The van der Waals surface area contributed by atoms with Crippen molar-refractivity contribution in [1.82, 2.24) is 0 Å². The van der Waals surface area contributed by atoms with Gasteiger partial charge in [0.2, 0.25) is 0 Å². The van der Waals surface area contributed by atoms with E-state index in [9.17, 15) is 0 Å². The van der Waals surface area contributed by atoms with Gasteiger partial charge in [-0.3, -0.25) is 0 Å². The molecule has 0 saturated heterocycles. The van der Waals surface area contributed by atoms with Crippen molar-refractivity contribution < 1.29 is 4.42 Å². The molecule has 1 heterocycles. The molecule has 0 aliphatic heterocycles. The van der Waals surface area contributed by atoms with E-state index in [1.165, 1.54) is 11.1 Å². The zero-order valence-corrected chi connectivity index (χ0v) is 20.7. The van der Waals surface area contributed by atoms with Crippen molar-refractivity contribution >= 4 is 61.4 Å². The molecule has 3 heteroatoms. The molecule has 1 aromatic heterocycles. The van der Waals surface area contributed by atoms with Gasteiger partial charge in [-0.05, 0) is 53.6 Å². The molecule has 0 bridgehead atoms. The first kappa shape index (κ1) is 21.7. The van der Waals surface area contributed by atoms with Crippen LogP contribution in [0.5, 0.6) is 0 Å². The van der Waals surface area contributed by atoms with E-state index in [2.05, 4.69) is 108 Å². The second-order valence-electron chi connectivity index (χ2n) is 9.12. The van der Waals surface area contributed by atoms with Crippen molar-refractivity contribution in [3.8, 4) is 11.1 Å². The van der Waals surface area contributed by atoms with Gasteiger partial charge in [-0.2, -0.15) is 0 Å². The molecule has 0 amide bonds. The molecule has 0 N–H and O–H groups in total. The van der Waals surface area contributed by atoms with Crippen LogP contribution in [0.2, 0.25) is 5.02 Å². The summed E-state index contributed by atoms with van der Waals surface area (Å²) in [7, 11) is 0. The largest absolute Gasteiger partial charge is 0.455 e. The molecule has 2 nitrogen and oxygen atoms in total. The standard InChI is InChI=1S/C34H22ClNO/c35-30-16-9-17-32-33(30)29-22-31(27-14-7-8-15-28(27)34(29)37-32)36(25-12-5-2-6-13-25)26-20-18-24(19-21-26)23-10-3-1-4-11-23/h1-22H. The SMILES string of the molecule is Clc1cccc2oc3c4ccccc4c(N(c4ccccc4)c4ccc(-c5ccccc5)cc4)cc3c12. The number of benzene rings is 6. The highest BCUT2D eigenvalue weighted by atomic mass is 35.5. The summed E-state index contributed by atoms with van der Waals surface area (Å²) in [6.07, 6.45) is 0. The van der Waals surface area contributed by atoms with Gasteiger partial charge in [-0.1, -0.05) is 103 Å². The lowest BCUT2D eigenvalue weighted by molar-refractivity contribution is 0.672. The minimum absolute atomic E-state index is 0.691. The maximum atomic E-state index is 6.70. The Morgan fingerprint density at radius 2 is 1.14 bits per heavy atom. The number of nitrogens with zero attached hydrogens (tertiary/aromatic N) is 1. The number of fused-ring (bicyclic) bond motifs is 5. The molecule has 176 valence electrons. The Balaban J connectivity index is 1.51. The number of furan rings is 1. The summed E-state index contributed by atoms with van der Waals surface area (Å²) in [5, 5.41) is 4.82. The van der Waals surface area contributed by atoms with Gasteiger partial charge in [0.1, 0.15) is 11.2 Å². The second kappa shape index (κ2) is 8.85. The van der Waals surface area contributed by atoms with Gasteiger partial charge < -0.3 is 9.32 Å². The van der Waals surface area contributed by atoms with E-state index in [1.54, 1.807) is 0 Å². The Bertz CT molecular complexity index is 1870. The smallest absolute Gasteiger partial charge is 0.143 e. The van der Waals surface area contributed by atoms with Crippen LogP contribution in [-0.4, -0.2) is 0 Å². The normalized spacial score (nSPS) is 11.4. The van der Waals surface area contributed by atoms with E-state index < -0.39 is 0 Å². The van der Waals surface area contributed by atoms with E-state index in [4.69, 9.17) is 16.0 Å². The van der Waals surface area contributed by atoms with Crippen LogP contribution >= 0.6 is 11.6 Å². The van der Waals surface area contributed by atoms with E-state index in [-0.39, 0.29) is 0 Å². The molecule has 6 aromatic carbocycles. The van der Waals surface area contributed by atoms with Crippen molar-refractivity contribution in [3.05, 3.63) is 138 Å². The molecule has 0 spiro atoms. The Hall–Kier alpha value is -4.53. The first-order valence-electron chi connectivity index (χ1n) is 12.3. The topological polar surface area (TPSA) is 16.4 Å². The van der Waals surface area contributed by atoms with Gasteiger partial charge in [0.05, 0.1) is 10.7 Å². The van der Waals surface area contributed by atoms with E-state index >= 15 is 0 Å². The van der Waals surface area contributed by atoms with E-state index in [0.29, 0.717) is 5.02 Å². The van der Waals surface area contributed by atoms with Crippen LogP contribution in [0.1, 0.15) is 0 Å². The molecule has 0 aliphatic carbocycles. The number of rotatable bonds is 4. The average Bonchev–Trinajstić information content (AvgIpc) is 3.35. The fraction of sp³-hybridized carbons (Fsp3) is 0. The zero-order chi connectivity index (χ0) is 24.8. The summed E-state index contributed by atoms with van der Waals surface area (Å²) in [5.41, 5.74) is 7.27. The molecule has 0 atom stereocenters. The highest BCUT2D eigenvalue weighted by Gasteiger charge is 2.20. The van der Waals surface area contributed by atoms with Crippen molar-refractivity contribution in [2.75, 3.05) is 4.90 Å². The van der Waals surface area contributed by atoms with Gasteiger partial charge in [0.25, 0.3) is 0 Å². The minimum Gasteiger partial charge on any atom is -0.455 e. The van der Waals surface area contributed by atoms with Crippen LogP contribution in [0, 0.1) is 0 Å². The van der Waals surface area contributed by atoms with Gasteiger partial charge in [-0.25, -0.2) is 0 Å². The third-order valence-electron chi connectivity index (χ3n) is 6.92. The summed E-state index contributed by atoms with van der Waals surface area (Å²) in [5.74, 6) is 0. The Morgan fingerprint density at radius 3 is 1.89 bits per heavy atom. The molecule has 7 rings (SSSR count). The fourth-order valence-corrected chi connectivity index (χ4v) is 5.48. The zero-order valence-electron chi connectivity index (χ0n) is 19.9. The molecule has 0 radical (unpaired) electrons. The van der Waals surface area contributed by atoms with E-state index in [0.717, 1.165) is 49.8 Å². The van der Waals surface area contributed by atoms with Crippen LogP contribution in [0.25, 0.3) is 43.8 Å². The van der Waals surface area contributed by atoms with Crippen LogP contribution in [0.3, 0.4) is 0 Å². The number of halogens is 1. The quantitative estimate of drug-likeness (QED) is 0.241. The minimum atomic E-state index is 0.691. The molecule has 0 saturated carbocycles. The maximum absolute atomic E-state index is 6.70. The Kier molecular flexibility index (Phi) is 5.20. The number of hydrogen-bond acceptors (Lipinski definition) is 2. The first-order chi connectivity index (χ1) is 18.3. The van der Waals surface area contributed by atoms with E-state index in [1.807, 2.05) is 30.3 Å².